The summed E-state index contributed by atoms with van der Waals surface area (Å²) >= 11 is 0. The highest BCUT2D eigenvalue weighted by Gasteiger charge is 2.52. The van der Waals surface area contributed by atoms with Crippen molar-refractivity contribution >= 4 is 5.69 Å². The van der Waals surface area contributed by atoms with E-state index in [1.54, 1.807) is 0 Å². The second kappa shape index (κ2) is 5.05. The molecule has 3 nitrogen and oxygen atoms in total. The molecular weight excluding hydrogens is 282 g/mol. The van der Waals surface area contributed by atoms with E-state index in [0.29, 0.717) is 5.41 Å². The summed E-state index contributed by atoms with van der Waals surface area (Å²) in [4.78, 5) is 11.4. The Morgan fingerprint density at radius 2 is 1.96 bits per heavy atom. The normalized spacial score (nSPS) is 22.7. The number of aromatic nitrogens is 2. The van der Waals surface area contributed by atoms with Gasteiger partial charge in [0.05, 0.1) is 11.9 Å². The molecule has 0 aromatic carbocycles. The third kappa shape index (κ3) is 2.52. The number of rotatable bonds is 4. The van der Waals surface area contributed by atoms with Crippen molar-refractivity contribution in [3.8, 4) is 0 Å². The van der Waals surface area contributed by atoms with Crippen molar-refractivity contribution in [2.45, 2.75) is 38.0 Å². The highest BCUT2D eigenvalue weighted by atomic mass is 15.2. The van der Waals surface area contributed by atoms with Crippen LogP contribution >= 0.6 is 0 Å². The lowest BCUT2D eigenvalue weighted by molar-refractivity contribution is 0.0239. The number of nitrogens with zero attached hydrogens (tertiary/aromatic N) is 3. The van der Waals surface area contributed by atoms with Gasteiger partial charge in [-0.15, -0.1) is 0 Å². The molecular formula is C20H23N3. The third-order valence-corrected chi connectivity index (χ3v) is 5.87. The molecule has 0 amide bonds. The van der Waals surface area contributed by atoms with Gasteiger partial charge < -0.3 is 4.90 Å². The summed E-state index contributed by atoms with van der Waals surface area (Å²) in [7, 11) is 0. The summed E-state index contributed by atoms with van der Waals surface area (Å²) in [6.07, 6.45) is 12.6. The van der Waals surface area contributed by atoms with Crippen LogP contribution in [0.1, 0.15) is 42.9 Å². The van der Waals surface area contributed by atoms with Crippen molar-refractivity contribution in [2.75, 3.05) is 18.0 Å². The molecule has 1 aliphatic heterocycles. The molecule has 118 valence electrons. The van der Waals surface area contributed by atoms with E-state index in [-0.39, 0.29) is 0 Å². The van der Waals surface area contributed by atoms with Crippen LogP contribution in [0.25, 0.3) is 0 Å². The zero-order valence-corrected chi connectivity index (χ0v) is 13.5. The van der Waals surface area contributed by atoms with Crippen LogP contribution in [0.15, 0.2) is 42.9 Å². The average molecular weight is 305 g/mol. The fourth-order valence-electron chi connectivity index (χ4n) is 4.57. The van der Waals surface area contributed by atoms with Crippen LogP contribution in [0.5, 0.6) is 0 Å². The SMILES string of the molecule is c1cncc(CC2CC3(C2)CN(c2ccc(C4CC4)nc2)C3)c1. The predicted octanol–water partition coefficient (Wildman–Crippen LogP) is 3.81. The molecule has 1 spiro atoms. The zero-order chi connectivity index (χ0) is 15.3. The molecule has 5 rings (SSSR count). The van der Waals surface area contributed by atoms with Crippen LogP contribution < -0.4 is 4.90 Å². The summed E-state index contributed by atoms with van der Waals surface area (Å²) in [6, 6.07) is 8.77. The summed E-state index contributed by atoms with van der Waals surface area (Å²) in [5, 5.41) is 0. The monoisotopic (exact) mass is 305 g/mol. The van der Waals surface area contributed by atoms with Crippen molar-refractivity contribution in [1.29, 1.82) is 0 Å². The molecule has 0 radical (unpaired) electrons. The molecule has 2 aromatic rings. The first-order valence-electron chi connectivity index (χ1n) is 8.90. The van der Waals surface area contributed by atoms with E-state index in [1.807, 2.05) is 18.5 Å². The summed E-state index contributed by atoms with van der Waals surface area (Å²) in [6.45, 7) is 2.45. The van der Waals surface area contributed by atoms with Gasteiger partial charge in [-0.2, -0.15) is 0 Å². The van der Waals surface area contributed by atoms with Gasteiger partial charge >= 0.3 is 0 Å². The van der Waals surface area contributed by atoms with E-state index in [0.717, 1.165) is 11.8 Å². The minimum Gasteiger partial charge on any atom is -0.369 e. The molecule has 2 aliphatic carbocycles. The largest absolute Gasteiger partial charge is 0.369 e. The van der Waals surface area contributed by atoms with Crippen LogP contribution in [0, 0.1) is 11.3 Å². The first-order chi connectivity index (χ1) is 11.3. The molecule has 23 heavy (non-hydrogen) atoms. The Hall–Kier alpha value is -1.90. The van der Waals surface area contributed by atoms with E-state index in [1.165, 1.54) is 62.1 Å². The summed E-state index contributed by atoms with van der Waals surface area (Å²) in [5.74, 6) is 1.61. The lowest BCUT2D eigenvalue weighted by Gasteiger charge is -2.60. The Kier molecular flexibility index (Phi) is 2.97. The first-order valence-corrected chi connectivity index (χ1v) is 8.90. The Morgan fingerprint density at radius 3 is 2.61 bits per heavy atom. The van der Waals surface area contributed by atoms with E-state index in [2.05, 4.69) is 39.3 Å². The van der Waals surface area contributed by atoms with Gasteiger partial charge in [0, 0.05) is 42.5 Å². The molecule has 0 N–H and O–H groups in total. The van der Waals surface area contributed by atoms with Crippen molar-refractivity contribution in [3.05, 3.63) is 54.1 Å². The minimum absolute atomic E-state index is 0.599. The molecule has 0 bridgehead atoms. The van der Waals surface area contributed by atoms with Gasteiger partial charge in [0.25, 0.3) is 0 Å². The Labute approximate surface area is 137 Å². The van der Waals surface area contributed by atoms with Gasteiger partial charge in [0.15, 0.2) is 0 Å². The van der Waals surface area contributed by atoms with Gasteiger partial charge in [0.1, 0.15) is 0 Å². The molecule has 0 unspecified atom stereocenters. The van der Waals surface area contributed by atoms with E-state index >= 15 is 0 Å². The molecule has 0 atom stereocenters. The topological polar surface area (TPSA) is 29.0 Å². The van der Waals surface area contributed by atoms with Gasteiger partial charge in [-0.25, -0.2) is 0 Å². The van der Waals surface area contributed by atoms with Crippen LogP contribution in [-0.2, 0) is 6.42 Å². The van der Waals surface area contributed by atoms with Gasteiger partial charge in [-0.1, -0.05) is 6.07 Å². The van der Waals surface area contributed by atoms with E-state index in [9.17, 15) is 0 Å². The maximum Gasteiger partial charge on any atom is 0.0553 e. The van der Waals surface area contributed by atoms with E-state index in [4.69, 9.17) is 0 Å². The first kappa shape index (κ1) is 13.5. The number of hydrogen-bond acceptors (Lipinski definition) is 3. The highest BCUT2D eigenvalue weighted by Crippen LogP contribution is 2.53. The van der Waals surface area contributed by atoms with Gasteiger partial charge in [-0.05, 0) is 61.8 Å². The predicted molar refractivity (Wildman–Crippen MR) is 91.5 cm³/mol. The van der Waals surface area contributed by atoms with Crippen molar-refractivity contribution in [2.24, 2.45) is 11.3 Å². The summed E-state index contributed by atoms with van der Waals surface area (Å²) in [5.41, 5.74) is 4.60. The molecule has 3 aliphatic rings. The minimum atomic E-state index is 0.599. The second-order valence-corrected chi connectivity index (χ2v) is 7.91. The maximum atomic E-state index is 4.66. The maximum absolute atomic E-state index is 4.66. The van der Waals surface area contributed by atoms with Gasteiger partial charge in [0.2, 0.25) is 0 Å². The number of anilines is 1. The van der Waals surface area contributed by atoms with Crippen molar-refractivity contribution in [1.82, 2.24) is 9.97 Å². The van der Waals surface area contributed by atoms with Crippen molar-refractivity contribution < 1.29 is 0 Å². The van der Waals surface area contributed by atoms with E-state index < -0.39 is 0 Å². The Bertz CT molecular complexity index is 677. The Balaban J connectivity index is 1.15. The third-order valence-electron chi connectivity index (χ3n) is 5.87. The van der Waals surface area contributed by atoms with Crippen LogP contribution in [-0.4, -0.2) is 23.1 Å². The smallest absolute Gasteiger partial charge is 0.0553 e. The number of hydrogen-bond donors (Lipinski definition) is 0. The fraction of sp³-hybridized carbons (Fsp3) is 0.500. The van der Waals surface area contributed by atoms with Crippen LogP contribution in [0.4, 0.5) is 5.69 Å². The van der Waals surface area contributed by atoms with Gasteiger partial charge in [-0.3, -0.25) is 9.97 Å². The lowest BCUT2D eigenvalue weighted by Crippen LogP contribution is -2.62. The molecule has 3 heteroatoms. The number of pyridine rings is 2. The van der Waals surface area contributed by atoms with Crippen LogP contribution in [0.2, 0.25) is 0 Å². The average Bonchev–Trinajstić information content (AvgIpc) is 3.34. The lowest BCUT2D eigenvalue weighted by atomic mass is 9.56. The second-order valence-electron chi connectivity index (χ2n) is 7.91. The van der Waals surface area contributed by atoms with Crippen LogP contribution in [0.3, 0.4) is 0 Å². The highest BCUT2D eigenvalue weighted by molar-refractivity contribution is 5.49. The molecule has 3 heterocycles. The fourth-order valence-corrected chi connectivity index (χ4v) is 4.57. The molecule has 3 fully saturated rings. The Morgan fingerprint density at radius 1 is 1.09 bits per heavy atom. The standard InChI is InChI=1S/C20H23N3/c1-2-15(11-21-7-1)8-16-9-20(10-16)13-23(14-20)18-5-6-19(22-12-18)17-3-4-17/h1-2,5-7,11-12,16-17H,3-4,8-10,13-14H2. The molecule has 1 saturated heterocycles. The summed E-state index contributed by atoms with van der Waals surface area (Å²) < 4.78 is 0. The molecule has 2 aromatic heterocycles. The quantitative estimate of drug-likeness (QED) is 0.860. The van der Waals surface area contributed by atoms with Crippen molar-refractivity contribution in [3.63, 3.8) is 0 Å². The molecule has 2 saturated carbocycles. The zero-order valence-electron chi connectivity index (χ0n) is 13.5.